The molecule has 3 heterocycles. The van der Waals surface area contributed by atoms with Gasteiger partial charge >= 0.3 is 5.00 Å². The highest BCUT2D eigenvalue weighted by Crippen LogP contribution is 2.26. The Morgan fingerprint density at radius 1 is 1.48 bits per heavy atom. The van der Waals surface area contributed by atoms with Crippen LogP contribution in [0.15, 0.2) is 27.7 Å². The van der Waals surface area contributed by atoms with Crippen LogP contribution in [0.5, 0.6) is 0 Å². The van der Waals surface area contributed by atoms with Gasteiger partial charge in [0.25, 0.3) is 5.56 Å². The number of fused-ring (bicyclic) bond motifs is 1. The van der Waals surface area contributed by atoms with E-state index < -0.39 is 4.92 Å². The van der Waals surface area contributed by atoms with Gasteiger partial charge in [-0.2, -0.15) is 0 Å². The second-order valence-corrected chi connectivity index (χ2v) is 6.14. The van der Waals surface area contributed by atoms with E-state index in [-0.39, 0.29) is 10.6 Å². The number of allylic oxidation sites excluding steroid dienone is 1. The average Bonchev–Trinajstić information content (AvgIpc) is 3.07. The van der Waals surface area contributed by atoms with Crippen molar-refractivity contribution in [1.29, 1.82) is 0 Å². The fraction of sp³-hybridized carbons (Fsp3) is 0.0769. The van der Waals surface area contributed by atoms with E-state index in [4.69, 9.17) is 0 Å². The number of thiophene rings is 2. The van der Waals surface area contributed by atoms with Gasteiger partial charge in [0.05, 0.1) is 10.3 Å². The van der Waals surface area contributed by atoms with E-state index >= 15 is 0 Å². The number of hydrogen-bond donors (Lipinski definition) is 1. The highest BCUT2D eigenvalue weighted by Gasteiger charge is 2.10. The molecule has 1 N–H and O–H groups in total. The van der Waals surface area contributed by atoms with Crippen molar-refractivity contribution < 1.29 is 4.92 Å². The summed E-state index contributed by atoms with van der Waals surface area (Å²) < 4.78 is 0. The molecular formula is C13H9N3O3S2. The standard InChI is InChI=1S/C13H9N3O3S2/c1-7(4-8-5-10(16(18)19)21-6-8)11-14-12(17)9-2-3-20-13(9)15-11/h2-6H,1H3,(H,14,15,17)/b7-4+. The van der Waals surface area contributed by atoms with Crippen molar-refractivity contribution in [1.82, 2.24) is 9.97 Å². The number of nitrogens with one attached hydrogen (secondary N) is 1. The normalized spacial score (nSPS) is 12.0. The second kappa shape index (κ2) is 5.23. The summed E-state index contributed by atoms with van der Waals surface area (Å²) in [6.07, 6.45) is 1.77. The van der Waals surface area contributed by atoms with Crippen LogP contribution in [0.2, 0.25) is 0 Å². The fourth-order valence-electron chi connectivity index (χ4n) is 1.88. The molecule has 0 fully saturated rings. The lowest BCUT2D eigenvalue weighted by molar-refractivity contribution is -0.380. The Balaban J connectivity index is 2.02. The molecular weight excluding hydrogens is 310 g/mol. The van der Waals surface area contributed by atoms with Gasteiger partial charge in [0, 0.05) is 11.4 Å². The number of hydrogen-bond acceptors (Lipinski definition) is 6. The maximum Gasteiger partial charge on any atom is 0.324 e. The minimum Gasteiger partial charge on any atom is -0.306 e. The summed E-state index contributed by atoms with van der Waals surface area (Å²) in [7, 11) is 0. The third-order valence-corrected chi connectivity index (χ3v) is 4.58. The Morgan fingerprint density at radius 2 is 2.29 bits per heavy atom. The fourth-order valence-corrected chi connectivity index (χ4v) is 3.33. The summed E-state index contributed by atoms with van der Waals surface area (Å²) in [6, 6.07) is 3.23. The molecule has 0 aliphatic heterocycles. The summed E-state index contributed by atoms with van der Waals surface area (Å²) in [6.45, 7) is 1.81. The number of rotatable bonds is 3. The summed E-state index contributed by atoms with van der Waals surface area (Å²) >= 11 is 2.47. The topological polar surface area (TPSA) is 88.9 Å². The van der Waals surface area contributed by atoms with Crippen LogP contribution in [0.25, 0.3) is 21.9 Å². The predicted octanol–water partition coefficient (Wildman–Crippen LogP) is 3.51. The van der Waals surface area contributed by atoms with Crippen molar-refractivity contribution in [3.05, 3.63) is 54.7 Å². The number of nitrogens with zero attached hydrogens (tertiary/aromatic N) is 2. The summed E-state index contributed by atoms with van der Waals surface area (Å²) in [5, 5.41) is 14.8. The molecule has 0 atom stereocenters. The van der Waals surface area contributed by atoms with Gasteiger partial charge in [-0.1, -0.05) is 11.3 Å². The van der Waals surface area contributed by atoms with Crippen molar-refractivity contribution in [2.75, 3.05) is 0 Å². The Bertz CT molecular complexity index is 920. The van der Waals surface area contributed by atoms with Gasteiger partial charge in [0.2, 0.25) is 0 Å². The maximum absolute atomic E-state index is 11.9. The maximum atomic E-state index is 11.9. The molecule has 3 aromatic heterocycles. The molecule has 0 saturated heterocycles. The molecule has 3 aromatic rings. The Labute approximate surface area is 126 Å². The van der Waals surface area contributed by atoms with Gasteiger partial charge in [-0.25, -0.2) is 4.98 Å². The Kier molecular flexibility index (Phi) is 3.40. The molecule has 0 radical (unpaired) electrons. The highest BCUT2D eigenvalue weighted by atomic mass is 32.1. The molecule has 0 saturated carbocycles. The molecule has 3 rings (SSSR count). The number of H-pyrrole nitrogens is 1. The monoisotopic (exact) mass is 319 g/mol. The minimum atomic E-state index is -0.421. The number of aromatic amines is 1. The van der Waals surface area contributed by atoms with Crippen molar-refractivity contribution in [3.8, 4) is 0 Å². The molecule has 0 aliphatic carbocycles. The average molecular weight is 319 g/mol. The first-order chi connectivity index (χ1) is 10.0. The molecule has 8 heteroatoms. The zero-order valence-electron chi connectivity index (χ0n) is 10.8. The van der Waals surface area contributed by atoms with Crippen LogP contribution in [-0.4, -0.2) is 14.9 Å². The summed E-state index contributed by atoms with van der Waals surface area (Å²) in [5.74, 6) is 0.476. The quantitative estimate of drug-likeness (QED) is 0.591. The van der Waals surface area contributed by atoms with Crippen LogP contribution in [0.3, 0.4) is 0 Å². The summed E-state index contributed by atoms with van der Waals surface area (Å²) in [5.41, 5.74) is 1.29. The van der Waals surface area contributed by atoms with E-state index in [2.05, 4.69) is 9.97 Å². The molecule has 0 aliphatic rings. The lowest BCUT2D eigenvalue weighted by Gasteiger charge is -2.00. The van der Waals surface area contributed by atoms with Crippen molar-refractivity contribution in [2.45, 2.75) is 6.92 Å². The first kappa shape index (κ1) is 13.7. The second-order valence-electron chi connectivity index (χ2n) is 4.36. The van der Waals surface area contributed by atoms with Gasteiger partial charge < -0.3 is 4.98 Å². The molecule has 21 heavy (non-hydrogen) atoms. The highest BCUT2D eigenvalue weighted by molar-refractivity contribution is 7.16. The van der Waals surface area contributed by atoms with Crippen LogP contribution in [0, 0.1) is 10.1 Å². The van der Waals surface area contributed by atoms with Crippen molar-refractivity contribution in [2.24, 2.45) is 0 Å². The molecule has 6 nitrogen and oxygen atoms in total. The molecule has 0 unspecified atom stereocenters. The number of aromatic nitrogens is 2. The first-order valence-electron chi connectivity index (χ1n) is 5.94. The van der Waals surface area contributed by atoms with E-state index in [0.717, 1.165) is 22.5 Å². The largest absolute Gasteiger partial charge is 0.324 e. The van der Waals surface area contributed by atoms with E-state index in [9.17, 15) is 14.9 Å². The summed E-state index contributed by atoms with van der Waals surface area (Å²) in [4.78, 5) is 30.0. The smallest absolute Gasteiger partial charge is 0.306 e. The number of nitro groups is 1. The van der Waals surface area contributed by atoms with Crippen LogP contribution in [-0.2, 0) is 0 Å². The SMILES string of the molecule is C/C(=C\c1csc([N+](=O)[O-])c1)c1nc2sccc2c(=O)[nH]1. The molecule has 0 spiro atoms. The van der Waals surface area contributed by atoms with Crippen LogP contribution in [0.4, 0.5) is 5.00 Å². The molecule has 0 amide bonds. The molecule has 0 aromatic carbocycles. The van der Waals surface area contributed by atoms with Crippen LogP contribution >= 0.6 is 22.7 Å². The van der Waals surface area contributed by atoms with Crippen molar-refractivity contribution >= 4 is 49.5 Å². The third-order valence-electron chi connectivity index (χ3n) is 2.88. The van der Waals surface area contributed by atoms with Gasteiger partial charge in [0.15, 0.2) is 0 Å². The van der Waals surface area contributed by atoms with Gasteiger partial charge in [-0.15, -0.1) is 11.3 Å². The lowest BCUT2D eigenvalue weighted by atomic mass is 10.2. The van der Waals surface area contributed by atoms with E-state index in [1.165, 1.54) is 17.4 Å². The Hall–Kier alpha value is -2.32. The van der Waals surface area contributed by atoms with E-state index in [1.807, 2.05) is 5.38 Å². The van der Waals surface area contributed by atoms with Gasteiger partial charge in [-0.05, 0) is 35.6 Å². The minimum absolute atomic E-state index is 0.0872. The van der Waals surface area contributed by atoms with Crippen LogP contribution < -0.4 is 5.56 Å². The van der Waals surface area contributed by atoms with Gasteiger partial charge in [-0.3, -0.25) is 14.9 Å². The van der Waals surface area contributed by atoms with Crippen molar-refractivity contribution in [3.63, 3.8) is 0 Å². The Morgan fingerprint density at radius 3 is 3.00 bits per heavy atom. The molecule has 0 bridgehead atoms. The zero-order chi connectivity index (χ0) is 15.0. The van der Waals surface area contributed by atoms with Crippen LogP contribution in [0.1, 0.15) is 18.3 Å². The van der Waals surface area contributed by atoms with E-state index in [1.54, 1.807) is 24.4 Å². The van der Waals surface area contributed by atoms with E-state index in [0.29, 0.717) is 16.0 Å². The predicted molar refractivity (Wildman–Crippen MR) is 84.8 cm³/mol. The van der Waals surface area contributed by atoms with Gasteiger partial charge in [0.1, 0.15) is 10.7 Å². The lowest BCUT2D eigenvalue weighted by Crippen LogP contribution is -2.09. The zero-order valence-corrected chi connectivity index (χ0v) is 12.5. The third kappa shape index (κ3) is 2.63. The molecule has 106 valence electrons. The first-order valence-corrected chi connectivity index (χ1v) is 7.69.